The van der Waals surface area contributed by atoms with Gasteiger partial charge in [0.25, 0.3) is 0 Å². The zero-order chi connectivity index (χ0) is 38.3. The number of rotatable bonds is 5. The van der Waals surface area contributed by atoms with E-state index < -0.39 is 65.5 Å². The van der Waals surface area contributed by atoms with Crippen LogP contribution in [0.1, 0.15) is 12.3 Å². The maximum Gasteiger partial charge on any atom is 0.238 e. The van der Waals surface area contributed by atoms with Gasteiger partial charge >= 0.3 is 0 Å². The highest BCUT2D eigenvalue weighted by Crippen LogP contribution is 2.35. The van der Waals surface area contributed by atoms with Gasteiger partial charge < -0.3 is 0 Å². The first kappa shape index (κ1) is 18.7. The summed E-state index contributed by atoms with van der Waals surface area (Å²) in [5.74, 6) is 0.228. The van der Waals surface area contributed by atoms with E-state index in [4.69, 9.17) is 32.3 Å². The average molecular weight is 617 g/mol. The van der Waals surface area contributed by atoms with Gasteiger partial charge in [0.15, 0.2) is 11.6 Å². The zero-order valence-electron chi connectivity index (χ0n) is 32.9. The van der Waals surface area contributed by atoms with Crippen LogP contribution in [0.5, 0.6) is 0 Å². The molecule has 9 rings (SSSR count). The van der Waals surface area contributed by atoms with E-state index in [-0.39, 0.29) is 23.2 Å². The fourth-order valence-corrected chi connectivity index (χ4v) is 6.49. The van der Waals surface area contributed by atoms with Crippen LogP contribution in [-0.4, -0.2) is 24.5 Å². The number of para-hydroxylation sites is 2. The summed E-state index contributed by atoms with van der Waals surface area (Å²) in [6.45, 7) is 0. The topological polar surface area (TPSA) is 56.5 Å². The number of benzene rings is 6. The summed E-state index contributed by atoms with van der Waals surface area (Å²) in [7, 11) is 0. The van der Waals surface area contributed by atoms with E-state index in [9.17, 15) is 0 Å². The van der Waals surface area contributed by atoms with Gasteiger partial charge in [-0.1, -0.05) is 121 Å². The monoisotopic (exact) mass is 616 g/mol. The molecule has 9 aromatic rings. The quantitative estimate of drug-likeness (QED) is 0.193. The minimum atomic E-state index is -0.650. The van der Waals surface area contributed by atoms with Gasteiger partial charge in [-0.05, 0) is 41.5 Å². The van der Waals surface area contributed by atoms with Crippen LogP contribution >= 0.6 is 11.3 Å². The average Bonchev–Trinajstić information content (AvgIpc) is 3.79. The van der Waals surface area contributed by atoms with Crippen LogP contribution in [0.15, 0.2) is 151 Å². The second-order valence-electron chi connectivity index (χ2n) is 10.5. The van der Waals surface area contributed by atoms with Crippen LogP contribution in [0.2, 0.25) is 0 Å². The van der Waals surface area contributed by atoms with Crippen molar-refractivity contribution in [2.75, 3.05) is 0 Å². The lowest BCUT2D eigenvalue weighted by Gasteiger charge is -2.11. The van der Waals surface area contributed by atoms with Gasteiger partial charge in [-0.15, -0.1) is 11.3 Å². The summed E-state index contributed by atoms with van der Waals surface area (Å²) in [6.07, 6.45) is 0. The molecular formula is C40H25N5S. The van der Waals surface area contributed by atoms with E-state index in [1.54, 1.807) is 11.3 Å². The molecule has 0 saturated carbocycles. The van der Waals surface area contributed by atoms with Gasteiger partial charge in [-0.3, -0.25) is 4.57 Å². The van der Waals surface area contributed by atoms with Gasteiger partial charge in [-0.2, -0.15) is 9.97 Å². The maximum absolute atomic E-state index is 9.17. The van der Waals surface area contributed by atoms with Crippen molar-refractivity contribution in [3.8, 4) is 50.4 Å². The molecule has 0 radical (unpaired) electrons. The van der Waals surface area contributed by atoms with Crippen LogP contribution in [0.25, 0.3) is 82.4 Å². The predicted octanol–water partition coefficient (Wildman–Crippen LogP) is 10.2. The lowest BCUT2D eigenvalue weighted by atomic mass is 10.0. The van der Waals surface area contributed by atoms with Crippen molar-refractivity contribution in [2.24, 2.45) is 0 Å². The number of hydrogen-bond donors (Lipinski definition) is 0. The molecule has 0 bridgehead atoms. The summed E-state index contributed by atoms with van der Waals surface area (Å²) in [5.41, 5.74) is 2.78. The van der Waals surface area contributed by atoms with Crippen LogP contribution < -0.4 is 0 Å². The highest BCUT2D eigenvalue weighted by atomic mass is 32.1. The number of thiazole rings is 1. The van der Waals surface area contributed by atoms with Gasteiger partial charge in [-0.25, -0.2) is 9.97 Å². The largest absolute Gasteiger partial charge is 0.278 e. The highest BCUT2D eigenvalue weighted by Gasteiger charge is 2.18. The first-order valence-corrected chi connectivity index (χ1v) is 15.2. The van der Waals surface area contributed by atoms with E-state index >= 15 is 0 Å². The molecule has 0 aliphatic carbocycles. The van der Waals surface area contributed by atoms with Crippen molar-refractivity contribution in [3.05, 3.63) is 151 Å². The Morgan fingerprint density at radius 3 is 1.83 bits per heavy atom. The summed E-state index contributed by atoms with van der Waals surface area (Å²) in [5, 5.41) is 2.75. The second kappa shape index (κ2) is 10.9. The molecule has 0 amide bonds. The first-order valence-electron chi connectivity index (χ1n) is 18.9. The molecular weight excluding hydrogens is 583 g/mol. The molecule has 0 aliphatic rings. The van der Waals surface area contributed by atoms with Crippen LogP contribution in [0.3, 0.4) is 0 Å². The van der Waals surface area contributed by atoms with E-state index in [1.807, 2.05) is 102 Å². The third-order valence-electron chi connectivity index (χ3n) is 7.67. The fraction of sp³-hybridized carbons (Fsp3) is 0. The highest BCUT2D eigenvalue weighted by molar-refractivity contribution is 7.21. The minimum Gasteiger partial charge on any atom is -0.278 e. The van der Waals surface area contributed by atoms with Gasteiger partial charge in [0.2, 0.25) is 5.95 Å². The van der Waals surface area contributed by atoms with Crippen LogP contribution in [0, 0.1) is 0 Å². The van der Waals surface area contributed by atoms with Gasteiger partial charge in [0, 0.05) is 27.5 Å². The third-order valence-corrected chi connectivity index (χ3v) is 8.75. The molecule has 3 aromatic heterocycles. The van der Waals surface area contributed by atoms with Crippen LogP contribution in [-0.2, 0) is 0 Å². The Bertz CT molecular complexity index is 2940. The summed E-state index contributed by atoms with van der Waals surface area (Å²) < 4.78 is 80.5. The van der Waals surface area contributed by atoms with Crippen LogP contribution in [0.4, 0.5) is 0 Å². The van der Waals surface area contributed by atoms with Crippen molar-refractivity contribution in [1.82, 2.24) is 24.5 Å². The van der Waals surface area contributed by atoms with Crippen molar-refractivity contribution >= 4 is 43.4 Å². The number of fused-ring (bicyclic) bond motifs is 4. The predicted molar refractivity (Wildman–Crippen MR) is 189 cm³/mol. The summed E-state index contributed by atoms with van der Waals surface area (Å²) in [6, 6.07) is 25.6. The Balaban J connectivity index is 1.31. The van der Waals surface area contributed by atoms with Crippen molar-refractivity contribution < 1.29 is 12.3 Å². The molecule has 3 heterocycles. The Morgan fingerprint density at radius 2 is 1.11 bits per heavy atom. The van der Waals surface area contributed by atoms with E-state index in [0.29, 0.717) is 11.1 Å². The zero-order valence-corrected chi connectivity index (χ0v) is 24.7. The van der Waals surface area contributed by atoms with E-state index in [1.165, 1.54) is 0 Å². The Kier molecular flexibility index (Phi) is 4.43. The number of nitrogens with zero attached hydrogens (tertiary/aromatic N) is 5. The molecule has 0 unspecified atom stereocenters. The van der Waals surface area contributed by atoms with Crippen molar-refractivity contribution in [1.29, 1.82) is 0 Å². The Labute approximate surface area is 281 Å². The van der Waals surface area contributed by atoms with Gasteiger partial charge in [0.05, 0.1) is 33.6 Å². The molecule has 6 heteroatoms. The summed E-state index contributed by atoms with van der Waals surface area (Å²) >= 11 is 1.55. The van der Waals surface area contributed by atoms with Gasteiger partial charge in [0.1, 0.15) is 5.01 Å². The SMILES string of the molecule is [2H]c1c([2H])c([2H])c(-c2c([2H])c([2H])c(-c3nc(-c4ccc5sc(-c6ccccc6)nc5c4)nc(-n4c5ccccc5c5ccccc54)n3)c([2H])c2[2H])c([2H])c1[2H]. The second-order valence-corrected chi connectivity index (χ2v) is 11.5. The lowest BCUT2D eigenvalue weighted by molar-refractivity contribution is 0.953. The molecule has 0 fully saturated rings. The smallest absolute Gasteiger partial charge is 0.238 e. The molecule has 0 atom stereocenters. The molecule has 0 spiro atoms. The van der Waals surface area contributed by atoms with E-state index in [0.717, 1.165) is 37.1 Å². The molecule has 0 saturated heterocycles. The van der Waals surface area contributed by atoms with Crippen molar-refractivity contribution in [3.63, 3.8) is 0 Å². The number of aromatic nitrogens is 5. The third kappa shape index (κ3) is 4.55. The Morgan fingerprint density at radius 1 is 0.500 bits per heavy atom. The molecule has 216 valence electrons. The fourth-order valence-electron chi connectivity index (χ4n) is 5.54. The molecule has 46 heavy (non-hydrogen) atoms. The molecule has 5 nitrogen and oxygen atoms in total. The Hall–Kier alpha value is -5.98. The van der Waals surface area contributed by atoms with Crippen molar-refractivity contribution in [2.45, 2.75) is 0 Å². The molecule has 0 aliphatic heterocycles. The minimum absolute atomic E-state index is 0.144. The number of hydrogen-bond acceptors (Lipinski definition) is 5. The maximum atomic E-state index is 9.17. The molecule has 6 aromatic carbocycles. The molecule has 0 N–H and O–H groups in total. The first-order chi connectivity index (χ1) is 26.5. The normalized spacial score (nSPS) is 14.2. The standard InChI is InChI=1S/C40H25N5S/c1-3-11-26(12-4-1)27-19-21-28(22-20-27)37-42-38(30-23-24-36-33(25-30)41-39(46-36)29-13-5-2-6-14-29)44-40(43-37)45-34-17-9-7-15-31(34)32-16-8-10-18-35(32)45/h1-25H/i1D,3D,4D,11D,12D,19D,20D,21D,22D. The summed E-state index contributed by atoms with van der Waals surface area (Å²) in [4.78, 5) is 19.4. The lowest BCUT2D eigenvalue weighted by Crippen LogP contribution is -2.06. The van der Waals surface area contributed by atoms with E-state index in [2.05, 4.69) is 0 Å².